The van der Waals surface area contributed by atoms with Crippen LogP contribution in [-0.2, 0) is 6.42 Å². The lowest BCUT2D eigenvalue weighted by Gasteiger charge is -2.39. The van der Waals surface area contributed by atoms with Gasteiger partial charge in [0.2, 0.25) is 0 Å². The molecule has 0 aliphatic heterocycles. The summed E-state index contributed by atoms with van der Waals surface area (Å²) < 4.78 is 0. The normalized spacial score (nSPS) is 28.4. The van der Waals surface area contributed by atoms with Gasteiger partial charge in [-0.3, -0.25) is 0 Å². The van der Waals surface area contributed by atoms with Crippen LogP contribution in [0.4, 0.5) is 0 Å². The van der Waals surface area contributed by atoms with Crippen LogP contribution in [0.25, 0.3) is 0 Å². The van der Waals surface area contributed by atoms with Crippen molar-refractivity contribution < 1.29 is 0 Å². The maximum Gasteiger partial charge on any atom is 0.00914 e. The molecule has 0 nitrogen and oxygen atoms in total. The van der Waals surface area contributed by atoms with Crippen molar-refractivity contribution in [3.05, 3.63) is 22.4 Å². The average molecular weight is 329 g/mol. The first-order valence-corrected chi connectivity index (χ1v) is 9.36. The number of hydrogen-bond donors (Lipinski definition) is 0. The van der Waals surface area contributed by atoms with Gasteiger partial charge in [0, 0.05) is 10.2 Å². The van der Waals surface area contributed by atoms with Crippen LogP contribution >= 0.6 is 27.3 Å². The fourth-order valence-electron chi connectivity index (χ4n) is 3.21. The summed E-state index contributed by atoms with van der Waals surface area (Å²) in [4.78, 5) is 1.57. The summed E-state index contributed by atoms with van der Waals surface area (Å²) in [6.45, 7) is 2.31. The predicted molar refractivity (Wildman–Crippen MR) is 85.7 cm³/mol. The molecule has 0 unspecified atom stereocenters. The quantitative estimate of drug-likeness (QED) is 0.557. The molecule has 0 bridgehead atoms. The minimum absolute atomic E-state index is 0.549. The highest BCUT2D eigenvalue weighted by molar-refractivity contribution is 9.09. The molecule has 1 fully saturated rings. The Labute approximate surface area is 124 Å². The lowest BCUT2D eigenvalue weighted by molar-refractivity contribution is 0.169. The van der Waals surface area contributed by atoms with Crippen molar-refractivity contribution in [3.63, 3.8) is 0 Å². The van der Waals surface area contributed by atoms with Crippen LogP contribution in [0.3, 0.4) is 0 Å². The van der Waals surface area contributed by atoms with Crippen LogP contribution in [0.1, 0.15) is 56.7 Å². The predicted octanol–water partition coefficient (Wildman–Crippen LogP) is 6.05. The molecule has 0 atom stereocenters. The third-order valence-electron chi connectivity index (χ3n) is 4.54. The Bertz CT molecular complexity index is 323. The van der Waals surface area contributed by atoms with E-state index in [-0.39, 0.29) is 0 Å². The largest absolute Gasteiger partial charge is 0.149 e. The summed E-state index contributed by atoms with van der Waals surface area (Å²) in [5, 5.41) is 3.39. The minimum Gasteiger partial charge on any atom is -0.149 e. The number of hydrogen-bond acceptors (Lipinski definition) is 1. The van der Waals surface area contributed by atoms with Gasteiger partial charge in [0.1, 0.15) is 0 Å². The second kappa shape index (κ2) is 7.09. The van der Waals surface area contributed by atoms with Gasteiger partial charge in [0.25, 0.3) is 0 Å². The highest BCUT2D eigenvalue weighted by Crippen LogP contribution is 2.44. The van der Waals surface area contributed by atoms with Crippen molar-refractivity contribution in [2.45, 2.75) is 58.3 Å². The van der Waals surface area contributed by atoms with Gasteiger partial charge in [-0.25, -0.2) is 0 Å². The van der Waals surface area contributed by atoms with Crippen LogP contribution in [0.15, 0.2) is 17.5 Å². The maximum absolute atomic E-state index is 3.79. The van der Waals surface area contributed by atoms with Crippen molar-refractivity contribution in [2.24, 2.45) is 11.3 Å². The van der Waals surface area contributed by atoms with E-state index in [2.05, 4.69) is 40.4 Å². The molecule has 0 aromatic carbocycles. The molecule has 1 heterocycles. The zero-order chi connectivity index (χ0) is 12.8. The van der Waals surface area contributed by atoms with Crippen molar-refractivity contribution in [2.75, 3.05) is 5.33 Å². The van der Waals surface area contributed by atoms with Gasteiger partial charge in [-0.1, -0.05) is 48.2 Å². The molecule has 0 amide bonds. The summed E-state index contributed by atoms with van der Waals surface area (Å²) in [5.74, 6) is 1.01. The van der Waals surface area contributed by atoms with E-state index in [0.29, 0.717) is 5.41 Å². The zero-order valence-electron chi connectivity index (χ0n) is 11.5. The number of unbranched alkanes of at least 4 members (excludes halogenated alkanes) is 1. The van der Waals surface area contributed by atoms with Crippen molar-refractivity contribution >= 4 is 27.3 Å². The molecule has 0 radical (unpaired) electrons. The molecule has 2 rings (SSSR count). The second-order valence-corrected chi connectivity index (χ2v) is 7.57. The van der Waals surface area contributed by atoms with E-state index in [4.69, 9.17) is 0 Å². The van der Waals surface area contributed by atoms with Crippen LogP contribution in [-0.4, -0.2) is 5.33 Å². The molecule has 102 valence electrons. The minimum atomic E-state index is 0.549. The van der Waals surface area contributed by atoms with Gasteiger partial charge in [-0.2, -0.15) is 0 Å². The van der Waals surface area contributed by atoms with Crippen LogP contribution < -0.4 is 0 Å². The molecule has 18 heavy (non-hydrogen) atoms. The fraction of sp³-hybridized carbons (Fsp3) is 0.750. The molecular formula is C16H25BrS. The molecule has 2 heteroatoms. The lowest BCUT2D eigenvalue weighted by atomic mass is 9.69. The summed E-state index contributed by atoms with van der Waals surface area (Å²) in [6.07, 6.45) is 11.3. The number of thiophene rings is 1. The molecule has 0 spiro atoms. The van der Waals surface area contributed by atoms with Crippen molar-refractivity contribution in [3.8, 4) is 0 Å². The SMILES string of the molecule is CCCCC1CCC(CBr)(Cc2cccs2)CC1. The third kappa shape index (κ3) is 3.84. The molecule has 1 aliphatic rings. The average Bonchev–Trinajstić information content (AvgIpc) is 2.91. The number of rotatable bonds is 6. The zero-order valence-corrected chi connectivity index (χ0v) is 13.9. The molecule has 0 N–H and O–H groups in total. The lowest BCUT2D eigenvalue weighted by Crippen LogP contribution is -2.31. The Morgan fingerprint density at radius 3 is 2.72 bits per heavy atom. The molecular weight excluding hydrogens is 304 g/mol. The second-order valence-electron chi connectivity index (χ2n) is 5.98. The van der Waals surface area contributed by atoms with E-state index in [1.807, 2.05) is 11.3 Å². The van der Waals surface area contributed by atoms with E-state index in [1.54, 1.807) is 4.88 Å². The van der Waals surface area contributed by atoms with E-state index < -0.39 is 0 Å². The highest BCUT2D eigenvalue weighted by Gasteiger charge is 2.34. The van der Waals surface area contributed by atoms with Crippen LogP contribution in [0.2, 0.25) is 0 Å². The molecule has 0 saturated heterocycles. The number of alkyl halides is 1. The summed E-state index contributed by atoms with van der Waals surface area (Å²) >= 11 is 5.72. The first-order chi connectivity index (χ1) is 8.78. The van der Waals surface area contributed by atoms with Crippen molar-refractivity contribution in [1.82, 2.24) is 0 Å². The van der Waals surface area contributed by atoms with Gasteiger partial charge < -0.3 is 0 Å². The standard InChI is InChI=1S/C16H25BrS/c1-2-3-5-14-7-9-16(13-17,10-8-14)12-15-6-4-11-18-15/h4,6,11,14H,2-3,5,7-10,12-13H2,1H3. The smallest absolute Gasteiger partial charge is 0.00914 e. The molecule has 1 aromatic rings. The monoisotopic (exact) mass is 328 g/mol. The van der Waals surface area contributed by atoms with E-state index in [9.17, 15) is 0 Å². The Kier molecular flexibility index (Phi) is 5.75. The Morgan fingerprint density at radius 1 is 1.39 bits per heavy atom. The highest BCUT2D eigenvalue weighted by atomic mass is 79.9. The Balaban J connectivity index is 1.87. The van der Waals surface area contributed by atoms with Crippen LogP contribution in [0.5, 0.6) is 0 Å². The Morgan fingerprint density at radius 2 is 2.17 bits per heavy atom. The number of halogens is 1. The summed E-state index contributed by atoms with van der Waals surface area (Å²) in [7, 11) is 0. The van der Waals surface area contributed by atoms with E-state index in [1.165, 1.54) is 56.7 Å². The van der Waals surface area contributed by atoms with Crippen molar-refractivity contribution in [1.29, 1.82) is 0 Å². The van der Waals surface area contributed by atoms with Gasteiger partial charge >= 0.3 is 0 Å². The topological polar surface area (TPSA) is 0 Å². The first kappa shape index (κ1) is 14.6. The summed E-state index contributed by atoms with van der Waals surface area (Å²) in [5.41, 5.74) is 0.549. The van der Waals surface area contributed by atoms with Gasteiger partial charge in [-0.05, 0) is 54.9 Å². The van der Waals surface area contributed by atoms with Gasteiger partial charge in [0.15, 0.2) is 0 Å². The molecule has 1 saturated carbocycles. The first-order valence-electron chi connectivity index (χ1n) is 7.36. The van der Waals surface area contributed by atoms with Crippen LogP contribution in [0, 0.1) is 11.3 Å². The van der Waals surface area contributed by atoms with Gasteiger partial charge in [-0.15, -0.1) is 11.3 Å². The van der Waals surface area contributed by atoms with E-state index >= 15 is 0 Å². The van der Waals surface area contributed by atoms with Gasteiger partial charge in [0.05, 0.1) is 0 Å². The Hall–Kier alpha value is 0.180. The fourth-order valence-corrected chi connectivity index (χ4v) is 4.85. The molecule has 1 aromatic heterocycles. The van der Waals surface area contributed by atoms with E-state index in [0.717, 1.165) is 5.92 Å². The third-order valence-corrected chi connectivity index (χ3v) is 6.61. The molecule has 1 aliphatic carbocycles. The summed E-state index contributed by atoms with van der Waals surface area (Å²) in [6, 6.07) is 4.49. The maximum atomic E-state index is 3.79.